The van der Waals surface area contributed by atoms with Crippen molar-refractivity contribution in [3.8, 4) is 0 Å². The first-order chi connectivity index (χ1) is 26.5. The highest BCUT2D eigenvalue weighted by Crippen LogP contribution is 2.15. The van der Waals surface area contributed by atoms with Crippen LogP contribution in [0.4, 0.5) is 0 Å². The summed E-state index contributed by atoms with van der Waals surface area (Å²) in [5.41, 5.74) is 0. The maximum atomic E-state index is 12.7. The number of allylic oxidation sites excluding steroid dienone is 2. The monoisotopic (exact) mass is 763 g/mol. The van der Waals surface area contributed by atoms with Gasteiger partial charge in [0.25, 0.3) is 0 Å². The van der Waals surface area contributed by atoms with Crippen LogP contribution in [0.5, 0.6) is 0 Å². The lowest BCUT2D eigenvalue weighted by Gasteiger charge is -2.18. The van der Waals surface area contributed by atoms with E-state index < -0.39 is 6.10 Å². The maximum Gasteiger partial charge on any atom is 0.306 e. The van der Waals surface area contributed by atoms with Crippen LogP contribution in [0.25, 0.3) is 0 Å². The van der Waals surface area contributed by atoms with Gasteiger partial charge in [-0.25, -0.2) is 0 Å². The Morgan fingerprint density at radius 3 is 0.926 bits per heavy atom. The van der Waals surface area contributed by atoms with Crippen LogP contribution in [0, 0.1) is 0 Å². The molecule has 0 heterocycles. The summed E-state index contributed by atoms with van der Waals surface area (Å²) in [6, 6.07) is 0. The molecular weight excluding hydrogens is 673 g/mol. The van der Waals surface area contributed by atoms with Crippen LogP contribution in [0.2, 0.25) is 0 Å². The molecule has 0 radical (unpaired) electrons. The van der Waals surface area contributed by atoms with Gasteiger partial charge in [0.1, 0.15) is 13.2 Å². The van der Waals surface area contributed by atoms with E-state index in [1.54, 1.807) is 0 Å². The standard InChI is InChI=1S/C48H90O6/c1-4-7-10-13-16-19-22-23-24-25-27-29-32-35-38-41-47(50)53-44-45(43-52-46(49)40-37-34-31-28-21-18-15-12-9-6-3)54-48(51)42-39-36-33-30-26-20-17-14-11-8-5-2/h23-24,45H,4-22,25-44H2,1-3H3/b24-23-/t45-/m1/s1. The van der Waals surface area contributed by atoms with Crippen LogP contribution in [-0.4, -0.2) is 37.2 Å². The fourth-order valence-corrected chi connectivity index (χ4v) is 6.91. The number of esters is 3. The summed E-state index contributed by atoms with van der Waals surface area (Å²) >= 11 is 0. The molecule has 0 aromatic carbocycles. The van der Waals surface area contributed by atoms with Gasteiger partial charge in [-0.3, -0.25) is 14.4 Å². The Labute approximate surface area is 335 Å². The topological polar surface area (TPSA) is 78.9 Å². The van der Waals surface area contributed by atoms with Crippen LogP contribution in [0.15, 0.2) is 12.2 Å². The Morgan fingerprint density at radius 1 is 0.352 bits per heavy atom. The van der Waals surface area contributed by atoms with Gasteiger partial charge in [-0.15, -0.1) is 0 Å². The van der Waals surface area contributed by atoms with Crippen molar-refractivity contribution in [1.82, 2.24) is 0 Å². The van der Waals surface area contributed by atoms with Gasteiger partial charge >= 0.3 is 17.9 Å². The maximum absolute atomic E-state index is 12.7. The van der Waals surface area contributed by atoms with Gasteiger partial charge < -0.3 is 14.2 Å². The zero-order valence-corrected chi connectivity index (χ0v) is 36.3. The lowest BCUT2D eigenvalue weighted by atomic mass is 10.1. The molecule has 0 bridgehead atoms. The summed E-state index contributed by atoms with van der Waals surface area (Å²) in [6.07, 6.45) is 46.2. The lowest BCUT2D eigenvalue weighted by molar-refractivity contribution is -0.167. The number of unbranched alkanes of at least 4 members (excludes halogenated alkanes) is 30. The summed E-state index contributed by atoms with van der Waals surface area (Å²) in [5, 5.41) is 0. The van der Waals surface area contributed by atoms with E-state index in [9.17, 15) is 14.4 Å². The highest BCUT2D eigenvalue weighted by molar-refractivity contribution is 5.71. The smallest absolute Gasteiger partial charge is 0.306 e. The molecule has 6 heteroatoms. The summed E-state index contributed by atoms with van der Waals surface area (Å²) in [4.78, 5) is 37.7. The normalized spacial score (nSPS) is 12.0. The van der Waals surface area contributed by atoms with Gasteiger partial charge in [0, 0.05) is 19.3 Å². The molecule has 0 spiro atoms. The van der Waals surface area contributed by atoms with E-state index in [4.69, 9.17) is 14.2 Å². The highest BCUT2D eigenvalue weighted by atomic mass is 16.6. The molecule has 0 amide bonds. The molecule has 0 saturated heterocycles. The SMILES string of the molecule is CCCCCCCC/C=C\CCCCCCCC(=O)OC[C@@H](COC(=O)CCCCCCCCCCCC)OC(=O)CCCCCCCCCCCCC. The summed E-state index contributed by atoms with van der Waals surface area (Å²) in [5.74, 6) is -0.869. The first-order valence-corrected chi connectivity index (χ1v) is 23.7. The van der Waals surface area contributed by atoms with Crippen molar-refractivity contribution in [2.45, 2.75) is 264 Å². The van der Waals surface area contributed by atoms with Crippen molar-refractivity contribution < 1.29 is 28.6 Å². The number of rotatable bonds is 43. The van der Waals surface area contributed by atoms with E-state index >= 15 is 0 Å². The molecule has 54 heavy (non-hydrogen) atoms. The largest absolute Gasteiger partial charge is 0.462 e. The third-order valence-corrected chi connectivity index (χ3v) is 10.5. The number of ether oxygens (including phenoxy) is 3. The summed E-state index contributed by atoms with van der Waals surface area (Å²) in [6.45, 7) is 6.62. The first kappa shape index (κ1) is 52.2. The van der Waals surface area contributed by atoms with Crippen molar-refractivity contribution in [2.75, 3.05) is 13.2 Å². The second-order valence-electron chi connectivity index (χ2n) is 16.0. The first-order valence-electron chi connectivity index (χ1n) is 23.7. The third-order valence-electron chi connectivity index (χ3n) is 10.5. The van der Waals surface area contributed by atoms with Crippen molar-refractivity contribution in [3.63, 3.8) is 0 Å². The molecule has 6 nitrogen and oxygen atoms in total. The Kier molecular flexibility index (Phi) is 42.4. The van der Waals surface area contributed by atoms with Gasteiger partial charge in [0.05, 0.1) is 0 Å². The van der Waals surface area contributed by atoms with E-state index in [2.05, 4.69) is 32.9 Å². The summed E-state index contributed by atoms with van der Waals surface area (Å²) < 4.78 is 16.7. The molecule has 0 fully saturated rings. The molecule has 1 atom stereocenters. The molecule has 0 aliphatic heterocycles. The second kappa shape index (κ2) is 43.9. The Bertz CT molecular complexity index is 839. The molecule has 0 aliphatic carbocycles. The van der Waals surface area contributed by atoms with Crippen LogP contribution in [-0.2, 0) is 28.6 Å². The molecule has 0 N–H and O–H groups in total. The Hall–Kier alpha value is -1.85. The van der Waals surface area contributed by atoms with Gasteiger partial charge in [0.2, 0.25) is 0 Å². The zero-order valence-electron chi connectivity index (χ0n) is 36.3. The predicted octanol–water partition coefficient (Wildman–Crippen LogP) is 15.0. The molecule has 0 aromatic heterocycles. The number of hydrogen-bond donors (Lipinski definition) is 0. The fourth-order valence-electron chi connectivity index (χ4n) is 6.91. The van der Waals surface area contributed by atoms with Gasteiger partial charge in [0.15, 0.2) is 6.10 Å². The minimum Gasteiger partial charge on any atom is -0.462 e. The van der Waals surface area contributed by atoms with E-state index in [0.29, 0.717) is 19.3 Å². The number of hydrogen-bond acceptors (Lipinski definition) is 6. The van der Waals surface area contributed by atoms with Crippen molar-refractivity contribution in [2.24, 2.45) is 0 Å². The van der Waals surface area contributed by atoms with Crippen LogP contribution >= 0.6 is 0 Å². The lowest BCUT2D eigenvalue weighted by Crippen LogP contribution is -2.30. The van der Waals surface area contributed by atoms with Gasteiger partial charge in [-0.2, -0.15) is 0 Å². The quantitative estimate of drug-likeness (QED) is 0.0266. The predicted molar refractivity (Wildman–Crippen MR) is 229 cm³/mol. The molecule has 0 saturated carbocycles. The van der Waals surface area contributed by atoms with Crippen molar-refractivity contribution >= 4 is 17.9 Å². The van der Waals surface area contributed by atoms with E-state index in [-0.39, 0.29) is 31.1 Å². The Morgan fingerprint density at radius 2 is 0.611 bits per heavy atom. The highest BCUT2D eigenvalue weighted by Gasteiger charge is 2.19. The fraction of sp³-hybridized carbons (Fsp3) is 0.896. The number of carbonyl (C=O) groups is 3. The van der Waals surface area contributed by atoms with Crippen LogP contribution in [0.1, 0.15) is 258 Å². The van der Waals surface area contributed by atoms with E-state index in [1.807, 2.05) is 0 Å². The van der Waals surface area contributed by atoms with Crippen LogP contribution in [0.3, 0.4) is 0 Å². The average Bonchev–Trinajstić information content (AvgIpc) is 3.17. The zero-order chi connectivity index (χ0) is 39.4. The van der Waals surface area contributed by atoms with Crippen molar-refractivity contribution in [1.29, 1.82) is 0 Å². The van der Waals surface area contributed by atoms with Crippen molar-refractivity contribution in [3.05, 3.63) is 12.2 Å². The summed E-state index contributed by atoms with van der Waals surface area (Å²) in [7, 11) is 0. The van der Waals surface area contributed by atoms with Gasteiger partial charge in [-0.05, 0) is 44.9 Å². The van der Waals surface area contributed by atoms with E-state index in [1.165, 1.54) is 154 Å². The molecule has 0 aliphatic rings. The van der Waals surface area contributed by atoms with E-state index in [0.717, 1.165) is 64.2 Å². The van der Waals surface area contributed by atoms with Crippen LogP contribution < -0.4 is 0 Å². The molecule has 0 rings (SSSR count). The van der Waals surface area contributed by atoms with Gasteiger partial charge in [-0.1, -0.05) is 206 Å². The molecule has 0 unspecified atom stereocenters. The average molecular weight is 763 g/mol. The Balaban J connectivity index is 4.32. The molecule has 0 aromatic rings. The minimum absolute atomic E-state index is 0.0682. The molecular formula is C48H90O6. The second-order valence-corrected chi connectivity index (χ2v) is 16.0. The minimum atomic E-state index is -0.764. The molecule has 318 valence electrons. The third kappa shape index (κ3) is 41.3. The number of carbonyl (C=O) groups excluding carboxylic acids is 3.